The molecule has 0 aromatic heterocycles. The van der Waals surface area contributed by atoms with Crippen LogP contribution in [0.1, 0.15) is 33.6 Å². The molecule has 0 aromatic rings. The van der Waals surface area contributed by atoms with Gasteiger partial charge in [0.2, 0.25) is 0 Å². The van der Waals surface area contributed by atoms with Gasteiger partial charge in [-0.25, -0.2) is 0 Å². The lowest BCUT2D eigenvalue weighted by atomic mass is 9.76. The molecule has 0 amide bonds. The Morgan fingerprint density at radius 3 is 2.39 bits per heavy atom. The second-order valence-corrected chi connectivity index (χ2v) is 6.47. The van der Waals surface area contributed by atoms with Gasteiger partial charge in [-0.05, 0) is 64.4 Å². The minimum atomic E-state index is 0.508. The standard InChI is InChI=1S/C15H33N3/c1-6-18(11-7-10-17(4)5)13-15(14(2)3)8-9-16-12-15/h14,16H,6-13H2,1-5H3. The van der Waals surface area contributed by atoms with Gasteiger partial charge < -0.3 is 15.1 Å². The van der Waals surface area contributed by atoms with Gasteiger partial charge in [-0.2, -0.15) is 0 Å². The van der Waals surface area contributed by atoms with E-state index in [2.05, 4.69) is 50.0 Å². The zero-order chi connectivity index (χ0) is 13.6. The van der Waals surface area contributed by atoms with Gasteiger partial charge in [-0.1, -0.05) is 20.8 Å². The SMILES string of the molecule is CCN(CCCN(C)C)CC1(C(C)C)CCNC1. The van der Waals surface area contributed by atoms with Gasteiger partial charge in [0.1, 0.15) is 0 Å². The lowest BCUT2D eigenvalue weighted by Crippen LogP contribution is -2.43. The highest BCUT2D eigenvalue weighted by Crippen LogP contribution is 2.34. The van der Waals surface area contributed by atoms with Crippen molar-refractivity contribution in [2.24, 2.45) is 11.3 Å². The molecule has 1 aliphatic heterocycles. The molecular formula is C15H33N3. The highest BCUT2D eigenvalue weighted by molar-refractivity contribution is 4.92. The van der Waals surface area contributed by atoms with Crippen molar-refractivity contribution in [1.82, 2.24) is 15.1 Å². The van der Waals surface area contributed by atoms with Crippen molar-refractivity contribution in [2.75, 3.05) is 53.4 Å². The van der Waals surface area contributed by atoms with E-state index in [4.69, 9.17) is 0 Å². The molecule has 1 N–H and O–H groups in total. The van der Waals surface area contributed by atoms with Gasteiger partial charge in [0, 0.05) is 13.1 Å². The van der Waals surface area contributed by atoms with Gasteiger partial charge in [-0.3, -0.25) is 0 Å². The highest BCUT2D eigenvalue weighted by Gasteiger charge is 2.37. The maximum atomic E-state index is 3.56. The number of nitrogens with one attached hydrogen (secondary N) is 1. The number of nitrogens with zero attached hydrogens (tertiary/aromatic N) is 2. The van der Waals surface area contributed by atoms with E-state index in [0.717, 1.165) is 5.92 Å². The molecule has 1 unspecified atom stereocenters. The number of hydrogen-bond donors (Lipinski definition) is 1. The number of hydrogen-bond acceptors (Lipinski definition) is 3. The molecule has 1 aliphatic rings. The van der Waals surface area contributed by atoms with Crippen molar-refractivity contribution < 1.29 is 0 Å². The molecule has 1 heterocycles. The van der Waals surface area contributed by atoms with Crippen LogP contribution in [0.5, 0.6) is 0 Å². The van der Waals surface area contributed by atoms with Crippen LogP contribution in [0, 0.1) is 11.3 Å². The molecule has 1 rings (SSSR count). The first kappa shape index (κ1) is 15.9. The molecule has 1 saturated heterocycles. The Kier molecular flexibility index (Phi) is 6.61. The average Bonchev–Trinajstić information content (AvgIpc) is 2.77. The average molecular weight is 255 g/mol. The second-order valence-electron chi connectivity index (χ2n) is 6.47. The first-order chi connectivity index (χ1) is 8.50. The van der Waals surface area contributed by atoms with Gasteiger partial charge in [0.05, 0.1) is 0 Å². The summed E-state index contributed by atoms with van der Waals surface area (Å²) in [7, 11) is 4.32. The molecule has 0 aliphatic carbocycles. The maximum Gasteiger partial charge on any atom is 0.00530 e. The molecule has 0 aromatic carbocycles. The Balaban J connectivity index is 2.44. The molecule has 18 heavy (non-hydrogen) atoms. The summed E-state index contributed by atoms with van der Waals surface area (Å²) in [6.45, 7) is 14.4. The normalized spacial score (nSPS) is 24.7. The van der Waals surface area contributed by atoms with Crippen molar-refractivity contribution in [3.8, 4) is 0 Å². The van der Waals surface area contributed by atoms with Crippen LogP contribution in [0.3, 0.4) is 0 Å². The third-order valence-electron chi connectivity index (χ3n) is 4.57. The molecule has 1 fully saturated rings. The second kappa shape index (κ2) is 7.46. The smallest absolute Gasteiger partial charge is 0.00530 e. The molecule has 0 radical (unpaired) electrons. The van der Waals surface area contributed by atoms with Crippen molar-refractivity contribution in [3.63, 3.8) is 0 Å². The summed E-state index contributed by atoms with van der Waals surface area (Å²) < 4.78 is 0. The molecule has 0 spiro atoms. The Bertz CT molecular complexity index is 220. The quantitative estimate of drug-likeness (QED) is 0.714. The molecule has 3 heteroatoms. The third-order valence-corrected chi connectivity index (χ3v) is 4.57. The van der Waals surface area contributed by atoms with E-state index in [9.17, 15) is 0 Å². The summed E-state index contributed by atoms with van der Waals surface area (Å²) in [5.74, 6) is 0.774. The fraction of sp³-hybridized carbons (Fsp3) is 1.00. The van der Waals surface area contributed by atoms with Crippen molar-refractivity contribution in [3.05, 3.63) is 0 Å². The van der Waals surface area contributed by atoms with Crippen molar-refractivity contribution in [2.45, 2.75) is 33.6 Å². The minimum Gasteiger partial charge on any atom is -0.316 e. The molecule has 1 atom stereocenters. The van der Waals surface area contributed by atoms with Crippen LogP contribution in [-0.4, -0.2) is 63.2 Å². The Hall–Kier alpha value is -0.120. The summed E-state index contributed by atoms with van der Waals surface area (Å²) in [4.78, 5) is 4.93. The van der Waals surface area contributed by atoms with E-state index in [1.54, 1.807) is 0 Å². The van der Waals surface area contributed by atoms with Crippen LogP contribution < -0.4 is 5.32 Å². The molecule has 0 saturated carbocycles. The lowest BCUT2D eigenvalue weighted by molar-refractivity contribution is 0.118. The first-order valence-electron chi connectivity index (χ1n) is 7.58. The van der Waals surface area contributed by atoms with Crippen LogP contribution in [0.2, 0.25) is 0 Å². The summed E-state index contributed by atoms with van der Waals surface area (Å²) in [5.41, 5.74) is 0.508. The third kappa shape index (κ3) is 4.52. The molecule has 0 bridgehead atoms. The summed E-state index contributed by atoms with van der Waals surface area (Å²) in [6, 6.07) is 0. The predicted octanol–water partition coefficient (Wildman–Crippen LogP) is 1.90. The van der Waals surface area contributed by atoms with E-state index in [0.29, 0.717) is 5.41 Å². The summed E-state index contributed by atoms with van der Waals surface area (Å²) in [6.07, 6.45) is 2.62. The van der Waals surface area contributed by atoms with Crippen LogP contribution >= 0.6 is 0 Å². The van der Waals surface area contributed by atoms with Crippen LogP contribution in [0.15, 0.2) is 0 Å². The van der Waals surface area contributed by atoms with E-state index in [-0.39, 0.29) is 0 Å². The molecule has 108 valence electrons. The first-order valence-corrected chi connectivity index (χ1v) is 7.58. The lowest BCUT2D eigenvalue weighted by Gasteiger charge is -2.38. The fourth-order valence-electron chi connectivity index (χ4n) is 2.98. The van der Waals surface area contributed by atoms with Crippen LogP contribution in [0.25, 0.3) is 0 Å². The van der Waals surface area contributed by atoms with Crippen LogP contribution in [0.4, 0.5) is 0 Å². The fourth-order valence-corrected chi connectivity index (χ4v) is 2.98. The van der Waals surface area contributed by atoms with E-state index in [1.165, 1.54) is 52.1 Å². The number of rotatable bonds is 8. The van der Waals surface area contributed by atoms with E-state index in [1.807, 2.05) is 0 Å². The Morgan fingerprint density at radius 1 is 1.22 bits per heavy atom. The zero-order valence-corrected chi connectivity index (χ0v) is 13.1. The van der Waals surface area contributed by atoms with Gasteiger partial charge in [0.15, 0.2) is 0 Å². The van der Waals surface area contributed by atoms with E-state index < -0.39 is 0 Å². The summed E-state index contributed by atoms with van der Waals surface area (Å²) in [5, 5.41) is 3.56. The van der Waals surface area contributed by atoms with Crippen molar-refractivity contribution in [1.29, 1.82) is 0 Å². The molecule has 3 nitrogen and oxygen atoms in total. The topological polar surface area (TPSA) is 18.5 Å². The predicted molar refractivity (Wildman–Crippen MR) is 80.0 cm³/mol. The minimum absolute atomic E-state index is 0.508. The zero-order valence-electron chi connectivity index (χ0n) is 13.1. The van der Waals surface area contributed by atoms with Crippen molar-refractivity contribution >= 4 is 0 Å². The van der Waals surface area contributed by atoms with Crippen LogP contribution in [-0.2, 0) is 0 Å². The van der Waals surface area contributed by atoms with E-state index >= 15 is 0 Å². The van der Waals surface area contributed by atoms with Gasteiger partial charge >= 0.3 is 0 Å². The summed E-state index contributed by atoms with van der Waals surface area (Å²) >= 11 is 0. The van der Waals surface area contributed by atoms with Gasteiger partial charge in [0.25, 0.3) is 0 Å². The monoisotopic (exact) mass is 255 g/mol. The largest absolute Gasteiger partial charge is 0.316 e. The maximum absolute atomic E-state index is 3.56. The Labute approximate surface area is 114 Å². The van der Waals surface area contributed by atoms with Gasteiger partial charge in [-0.15, -0.1) is 0 Å². The molecular weight excluding hydrogens is 222 g/mol. The Morgan fingerprint density at radius 2 is 1.94 bits per heavy atom. The highest BCUT2D eigenvalue weighted by atomic mass is 15.1.